The Morgan fingerprint density at radius 1 is 0.456 bits per heavy atom. The summed E-state index contributed by atoms with van der Waals surface area (Å²) in [5.41, 5.74) is 0. The number of likely N-dealkylation sites (tertiary alicyclic amines) is 2. The van der Waals surface area contributed by atoms with Crippen molar-refractivity contribution in [2.75, 3.05) is 91.9 Å². The molecule has 0 radical (unpaired) electrons. The second-order valence-electron chi connectivity index (χ2n) is 20.7. The van der Waals surface area contributed by atoms with Crippen LogP contribution < -0.4 is 0 Å². The first-order valence-electron chi connectivity index (χ1n) is 24.3. The highest BCUT2D eigenvalue weighted by Crippen LogP contribution is 2.33. The molecule has 0 amide bonds. The minimum Gasteiger partial charge on any atom is -0.381 e. The molecule has 0 N–H and O–H groups in total. The van der Waals surface area contributed by atoms with E-state index >= 15 is 0 Å². The molecule has 10 nitrogen and oxygen atoms in total. The van der Waals surface area contributed by atoms with Crippen LogP contribution in [0.3, 0.4) is 0 Å². The molecule has 9 unspecified atom stereocenters. The number of fused-ring (bicyclic) bond motifs is 7. The van der Waals surface area contributed by atoms with Crippen LogP contribution in [0.25, 0.3) is 0 Å². The Balaban J connectivity index is 0.000000120. The van der Waals surface area contributed by atoms with Crippen LogP contribution in [0.1, 0.15) is 127 Å². The van der Waals surface area contributed by atoms with Crippen molar-refractivity contribution in [2.24, 2.45) is 11.8 Å². The minimum atomic E-state index is 0.552. The van der Waals surface area contributed by atoms with Crippen LogP contribution in [0.5, 0.6) is 0 Å². The molecule has 10 fully saturated rings. The summed E-state index contributed by atoms with van der Waals surface area (Å²) in [6, 6.07) is 6.65. The van der Waals surface area contributed by atoms with Crippen LogP contribution in [-0.4, -0.2) is 194 Å². The molecule has 0 aromatic heterocycles. The van der Waals surface area contributed by atoms with Gasteiger partial charge in [-0.15, -0.1) is 0 Å². The number of ether oxygens (including phenoxy) is 4. The fourth-order valence-corrected chi connectivity index (χ4v) is 11.8. The van der Waals surface area contributed by atoms with Gasteiger partial charge in [-0.2, -0.15) is 0 Å². The van der Waals surface area contributed by atoms with Crippen LogP contribution in [0.15, 0.2) is 0 Å². The SMILES string of the molecule is CC(C)N1C2CCC1COC2.CC(C)N1CC2CCC(C1)O2.CC(C)N1CC2COCC2C1.CC(C)N1CCN2CCCC2C1.CC(C)N1CCOC2CCCC21. The Bertz CT molecular complexity index is 1120. The van der Waals surface area contributed by atoms with E-state index in [0.717, 1.165) is 101 Å². The molecule has 10 aliphatic rings. The van der Waals surface area contributed by atoms with Gasteiger partial charge in [-0.25, -0.2) is 0 Å². The van der Waals surface area contributed by atoms with Gasteiger partial charge in [-0.1, -0.05) is 0 Å². The molecule has 9 atom stereocenters. The van der Waals surface area contributed by atoms with Crippen molar-refractivity contribution in [1.82, 2.24) is 29.4 Å². The predicted octanol–water partition coefficient (Wildman–Crippen LogP) is 6.31. The molecule has 0 aromatic carbocycles. The molecule has 10 rings (SSSR count). The average Bonchev–Trinajstić information content (AvgIpc) is 4.05. The summed E-state index contributed by atoms with van der Waals surface area (Å²) in [5, 5.41) is 0. The predicted molar refractivity (Wildman–Crippen MR) is 234 cm³/mol. The van der Waals surface area contributed by atoms with Crippen LogP contribution >= 0.6 is 0 Å². The molecule has 0 spiro atoms. The van der Waals surface area contributed by atoms with E-state index in [4.69, 9.17) is 18.9 Å². The van der Waals surface area contributed by atoms with Crippen molar-refractivity contribution in [3.8, 4) is 0 Å². The van der Waals surface area contributed by atoms with Crippen LogP contribution in [0.4, 0.5) is 0 Å². The van der Waals surface area contributed by atoms with Gasteiger partial charge in [-0.05, 0) is 134 Å². The van der Waals surface area contributed by atoms with E-state index < -0.39 is 0 Å². The molecule has 9 saturated heterocycles. The lowest BCUT2D eigenvalue weighted by molar-refractivity contribution is -0.0666. The lowest BCUT2D eigenvalue weighted by atomic mass is 10.0. The summed E-state index contributed by atoms with van der Waals surface area (Å²) in [6.45, 7) is 39.0. The zero-order chi connectivity index (χ0) is 40.6. The summed E-state index contributed by atoms with van der Waals surface area (Å²) < 4.78 is 22.4. The van der Waals surface area contributed by atoms with Gasteiger partial charge in [0.25, 0.3) is 0 Å². The number of hydrogen-bond donors (Lipinski definition) is 0. The van der Waals surface area contributed by atoms with Crippen molar-refractivity contribution in [3.05, 3.63) is 0 Å². The molecular formula is C47H90N6O4. The second kappa shape index (κ2) is 22.1. The highest BCUT2D eigenvalue weighted by Gasteiger charge is 2.40. The Hall–Kier alpha value is -0.400. The standard InChI is InChI=1S/C10H20N2.C10H19NO.3C9H17NO/c1-9(2)12-7-6-11-5-3-4-10(11)8-12;1-8(2)11-6-7-12-10-5-3-4-9(10)11;1-7(2)10-3-8-5-11-6-9(8)4-10;1-7(2)10-8-3-4-9(10)6-11-5-8;1-7(2)10-5-8-3-4-9(6-10)11-8/h9-10H,3-8H2,1-2H3;8-10H,3-7H2,1-2H3;3*7-9H,3-6H2,1-2H3. The van der Waals surface area contributed by atoms with E-state index in [-0.39, 0.29) is 0 Å². The van der Waals surface area contributed by atoms with Gasteiger partial charge >= 0.3 is 0 Å². The van der Waals surface area contributed by atoms with E-state index in [0.29, 0.717) is 36.4 Å². The minimum absolute atomic E-state index is 0.552. The first-order valence-corrected chi connectivity index (χ1v) is 24.3. The third-order valence-electron chi connectivity index (χ3n) is 15.2. The van der Waals surface area contributed by atoms with Gasteiger partial charge in [0.2, 0.25) is 0 Å². The van der Waals surface area contributed by atoms with Gasteiger partial charge in [0.15, 0.2) is 0 Å². The van der Waals surface area contributed by atoms with Gasteiger partial charge in [0, 0.05) is 119 Å². The molecule has 1 saturated carbocycles. The van der Waals surface area contributed by atoms with Crippen LogP contribution in [0, 0.1) is 11.8 Å². The molecular weight excluding hydrogens is 713 g/mol. The fraction of sp³-hybridized carbons (Fsp3) is 1.00. The number of nitrogens with zero attached hydrogens (tertiary/aromatic N) is 6. The number of piperazine rings is 1. The highest BCUT2D eigenvalue weighted by molar-refractivity contribution is 4.93. The zero-order valence-corrected chi connectivity index (χ0v) is 38.7. The zero-order valence-electron chi connectivity index (χ0n) is 38.7. The molecule has 4 bridgehead atoms. The Kier molecular flexibility index (Phi) is 17.9. The number of rotatable bonds is 5. The Morgan fingerprint density at radius 2 is 1.05 bits per heavy atom. The maximum atomic E-state index is 5.74. The van der Waals surface area contributed by atoms with E-state index in [1.54, 1.807) is 0 Å². The quantitative estimate of drug-likeness (QED) is 0.317. The van der Waals surface area contributed by atoms with Crippen LogP contribution in [0.2, 0.25) is 0 Å². The maximum Gasteiger partial charge on any atom is 0.0731 e. The fourth-order valence-electron chi connectivity index (χ4n) is 11.8. The van der Waals surface area contributed by atoms with Gasteiger partial charge < -0.3 is 23.8 Å². The summed E-state index contributed by atoms with van der Waals surface area (Å²) in [5.74, 6) is 1.69. The summed E-state index contributed by atoms with van der Waals surface area (Å²) in [7, 11) is 0. The molecule has 10 heteroatoms. The second-order valence-corrected chi connectivity index (χ2v) is 20.7. The lowest BCUT2D eigenvalue weighted by Gasteiger charge is -2.40. The largest absolute Gasteiger partial charge is 0.381 e. The first kappa shape index (κ1) is 46.1. The molecule has 0 aromatic rings. The third-order valence-corrected chi connectivity index (χ3v) is 15.2. The maximum absolute atomic E-state index is 5.74. The monoisotopic (exact) mass is 803 g/mol. The van der Waals surface area contributed by atoms with Crippen molar-refractivity contribution in [3.63, 3.8) is 0 Å². The van der Waals surface area contributed by atoms with E-state index in [9.17, 15) is 0 Å². The smallest absolute Gasteiger partial charge is 0.0731 e. The van der Waals surface area contributed by atoms with E-state index in [1.807, 2.05) is 0 Å². The molecule has 9 aliphatic heterocycles. The Labute approximate surface area is 351 Å². The molecule has 332 valence electrons. The third kappa shape index (κ3) is 12.6. The van der Waals surface area contributed by atoms with Crippen LogP contribution in [-0.2, 0) is 18.9 Å². The first-order chi connectivity index (χ1) is 27.4. The number of hydrogen-bond acceptors (Lipinski definition) is 10. The van der Waals surface area contributed by atoms with E-state index in [2.05, 4.69) is 98.6 Å². The average molecular weight is 803 g/mol. The van der Waals surface area contributed by atoms with E-state index in [1.165, 1.54) is 97.1 Å². The summed E-state index contributed by atoms with van der Waals surface area (Å²) in [4.78, 5) is 15.6. The topological polar surface area (TPSA) is 56.4 Å². The normalized spacial score (nSPS) is 37.0. The van der Waals surface area contributed by atoms with Gasteiger partial charge in [0.1, 0.15) is 0 Å². The van der Waals surface area contributed by atoms with Crippen molar-refractivity contribution in [1.29, 1.82) is 0 Å². The van der Waals surface area contributed by atoms with Crippen molar-refractivity contribution in [2.45, 2.75) is 200 Å². The Morgan fingerprint density at radius 3 is 1.61 bits per heavy atom. The van der Waals surface area contributed by atoms with Gasteiger partial charge in [-0.3, -0.25) is 24.5 Å². The van der Waals surface area contributed by atoms with Crippen molar-refractivity contribution >= 4 is 0 Å². The molecule has 9 heterocycles. The van der Waals surface area contributed by atoms with Crippen molar-refractivity contribution < 1.29 is 18.9 Å². The molecule has 1 aliphatic carbocycles. The molecule has 57 heavy (non-hydrogen) atoms. The summed E-state index contributed by atoms with van der Waals surface area (Å²) in [6.07, 6.45) is 13.8. The lowest BCUT2D eigenvalue weighted by Crippen LogP contribution is -2.52. The van der Waals surface area contributed by atoms with Gasteiger partial charge in [0.05, 0.1) is 51.3 Å². The summed E-state index contributed by atoms with van der Waals surface area (Å²) >= 11 is 0. The highest BCUT2D eigenvalue weighted by atomic mass is 16.5. The number of morpholine rings is 3.